The van der Waals surface area contributed by atoms with E-state index in [9.17, 15) is 13.6 Å². The Bertz CT molecular complexity index is 1030. The fourth-order valence-electron chi connectivity index (χ4n) is 3.58. The van der Waals surface area contributed by atoms with Crippen molar-refractivity contribution in [1.82, 2.24) is 19.0 Å². The van der Waals surface area contributed by atoms with Crippen LogP contribution in [0.2, 0.25) is 5.15 Å². The molecule has 1 aliphatic rings. The molecule has 1 unspecified atom stereocenters. The van der Waals surface area contributed by atoms with E-state index in [0.29, 0.717) is 41.0 Å². The van der Waals surface area contributed by atoms with Crippen molar-refractivity contribution in [2.24, 2.45) is 5.92 Å². The maximum Gasteiger partial charge on any atom is 0.254 e. The van der Waals surface area contributed by atoms with E-state index in [1.807, 2.05) is 13.0 Å². The van der Waals surface area contributed by atoms with Gasteiger partial charge in [0.2, 0.25) is 0 Å². The monoisotopic (exact) mass is 450 g/mol. The van der Waals surface area contributed by atoms with Crippen molar-refractivity contribution in [1.29, 1.82) is 0 Å². The molecule has 30 heavy (non-hydrogen) atoms. The second-order valence-electron chi connectivity index (χ2n) is 8.06. The van der Waals surface area contributed by atoms with Crippen LogP contribution in [-0.4, -0.2) is 36.5 Å². The third-order valence-electron chi connectivity index (χ3n) is 5.14. The summed E-state index contributed by atoms with van der Waals surface area (Å²) in [7, 11) is -1.97. The minimum absolute atomic E-state index is 0.0212. The summed E-state index contributed by atoms with van der Waals surface area (Å²) in [5, 5.41) is 5.87. The summed E-state index contributed by atoms with van der Waals surface area (Å²) in [5.41, 5.74) is 3.73. The van der Waals surface area contributed by atoms with Crippen molar-refractivity contribution >= 4 is 27.9 Å². The van der Waals surface area contributed by atoms with Crippen LogP contribution in [0.4, 0.5) is 0 Å². The van der Waals surface area contributed by atoms with E-state index < -0.39 is 10.4 Å². The predicted molar refractivity (Wildman–Crippen MR) is 117 cm³/mol. The van der Waals surface area contributed by atoms with E-state index in [4.69, 9.17) is 11.6 Å². The number of fused-ring (bicyclic) bond motifs is 1. The van der Waals surface area contributed by atoms with Crippen LogP contribution in [-0.2, 0) is 40.8 Å². The first kappa shape index (κ1) is 22.7. The van der Waals surface area contributed by atoms with Gasteiger partial charge < -0.3 is 9.45 Å². The van der Waals surface area contributed by atoms with E-state index in [-0.39, 0.29) is 19.0 Å². The van der Waals surface area contributed by atoms with Crippen LogP contribution < -0.4 is 0 Å². The summed E-state index contributed by atoms with van der Waals surface area (Å²) in [6.45, 7) is 10.8. The Kier molecular flexibility index (Phi) is 6.52. The van der Waals surface area contributed by atoms with Gasteiger partial charge in [0.25, 0.3) is 5.91 Å². The molecule has 7 nitrogen and oxygen atoms in total. The van der Waals surface area contributed by atoms with Crippen LogP contribution in [0.25, 0.3) is 0 Å². The molecular formula is C21H27ClN4O3S. The topological polar surface area (TPSA) is 81.5 Å². The van der Waals surface area contributed by atoms with Gasteiger partial charge in [0.05, 0.1) is 18.8 Å². The summed E-state index contributed by atoms with van der Waals surface area (Å²) < 4.78 is 28.5. The Balaban J connectivity index is 1.90. The predicted octanol–water partition coefficient (Wildman–Crippen LogP) is 3.78. The van der Waals surface area contributed by atoms with Gasteiger partial charge in [-0.2, -0.15) is 5.10 Å². The molecule has 0 spiro atoms. The highest BCUT2D eigenvalue weighted by atomic mass is 35.5. The van der Waals surface area contributed by atoms with E-state index in [2.05, 4.69) is 25.5 Å². The lowest BCUT2D eigenvalue weighted by atomic mass is 10.1. The van der Waals surface area contributed by atoms with Gasteiger partial charge in [0.15, 0.2) is 10.4 Å². The fourth-order valence-corrected chi connectivity index (χ4v) is 4.73. The first-order valence-electron chi connectivity index (χ1n) is 9.75. The number of aromatic nitrogens is 2. The van der Waals surface area contributed by atoms with Crippen molar-refractivity contribution < 1.29 is 13.6 Å². The number of carbonyl (C=O) groups excluding carboxylic acids is 1. The van der Waals surface area contributed by atoms with Crippen LogP contribution in [0.15, 0.2) is 30.2 Å². The number of hydrogen-bond donors (Lipinski definition) is 0. The fraction of sp³-hybridized carbons (Fsp3) is 0.429. The highest BCUT2D eigenvalue weighted by molar-refractivity contribution is 7.98. The molecule has 1 atom stereocenters. The van der Waals surface area contributed by atoms with Crippen LogP contribution in [0.1, 0.15) is 46.6 Å². The summed E-state index contributed by atoms with van der Waals surface area (Å²) in [4.78, 5) is 13.8. The lowest BCUT2D eigenvalue weighted by molar-refractivity contribution is 0.0816. The normalized spacial score (nSPS) is 15.7. The average Bonchev–Trinajstić information content (AvgIpc) is 3.10. The second kappa shape index (κ2) is 8.63. The second-order valence-corrected chi connectivity index (χ2v) is 10.3. The zero-order valence-electron chi connectivity index (χ0n) is 17.7. The van der Waals surface area contributed by atoms with E-state index in [1.165, 1.54) is 4.31 Å². The van der Waals surface area contributed by atoms with Gasteiger partial charge in [-0.15, -0.1) is 4.31 Å². The Hall–Kier alpha value is -2.00. The van der Waals surface area contributed by atoms with Gasteiger partial charge in [0.1, 0.15) is 10.6 Å². The van der Waals surface area contributed by atoms with Crippen LogP contribution in [0, 0.1) is 12.8 Å². The van der Waals surface area contributed by atoms with Crippen molar-refractivity contribution in [2.75, 3.05) is 7.05 Å². The molecule has 2 heterocycles. The van der Waals surface area contributed by atoms with Crippen molar-refractivity contribution in [3.05, 3.63) is 63.3 Å². The third-order valence-corrected chi connectivity index (χ3v) is 6.96. The summed E-state index contributed by atoms with van der Waals surface area (Å²) in [6, 6.07) is 5.44. The molecule has 162 valence electrons. The summed E-state index contributed by atoms with van der Waals surface area (Å²) in [5.74, 6) is 0.335. The lowest BCUT2D eigenvalue weighted by Crippen LogP contribution is -2.33. The van der Waals surface area contributed by atoms with Gasteiger partial charge in [-0.1, -0.05) is 41.8 Å². The first-order valence-corrected chi connectivity index (χ1v) is 11.6. The zero-order chi connectivity index (χ0) is 22.2. The molecule has 0 saturated carbocycles. The largest absolute Gasteiger partial charge is 0.593 e. The molecule has 0 saturated heterocycles. The molecule has 0 fully saturated rings. The number of amides is 1. The van der Waals surface area contributed by atoms with Gasteiger partial charge in [-0.05, 0) is 36.6 Å². The number of benzene rings is 1. The van der Waals surface area contributed by atoms with E-state index >= 15 is 0 Å². The molecule has 9 heteroatoms. The zero-order valence-corrected chi connectivity index (χ0v) is 19.3. The minimum atomic E-state index is -3.72. The molecule has 0 radical (unpaired) electrons. The van der Waals surface area contributed by atoms with Crippen molar-refractivity contribution in [3.63, 3.8) is 0 Å². The molecule has 3 rings (SSSR count). The highest BCUT2D eigenvalue weighted by Crippen LogP contribution is 2.28. The van der Waals surface area contributed by atoms with Crippen LogP contribution >= 0.6 is 11.6 Å². The highest BCUT2D eigenvalue weighted by Gasteiger charge is 2.29. The van der Waals surface area contributed by atoms with Crippen molar-refractivity contribution in [3.8, 4) is 0 Å². The Morgan fingerprint density at radius 1 is 1.40 bits per heavy atom. The van der Waals surface area contributed by atoms with Gasteiger partial charge in [0, 0.05) is 31.3 Å². The quantitative estimate of drug-likeness (QED) is 0.573. The van der Waals surface area contributed by atoms with Crippen molar-refractivity contribution in [2.45, 2.75) is 47.0 Å². The van der Waals surface area contributed by atoms with Gasteiger partial charge in [-0.25, -0.2) is 0 Å². The molecular weight excluding hydrogens is 424 g/mol. The number of carbonyl (C=O) groups is 1. The smallest absolute Gasteiger partial charge is 0.254 e. The molecule has 1 aromatic carbocycles. The standard InChI is InChI=1S/C21H27ClN4O3S/c1-6-30(28,29)25(13-19-15(4)23-26(20(19)22)10-14(2)3)11-16-7-8-18-17(9-16)12-24(5)21(18)27/h6-9,14H,1,10-13H2,2-5H3. The van der Waals surface area contributed by atoms with E-state index in [0.717, 1.165) is 16.5 Å². The Morgan fingerprint density at radius 3 is 2.73 bits per heavy atom. The molecule has 0 N–H and O–H groups in total. The third kappa shape index (κ3) is 4.51. The maximum atomic E-state index is 12.7. The number of nitrogens with zero attached hydrogens (tertiary/aromatic N) is 4. The number of aryl methyl sites for hydroxylation is 1. The Labute approximate surface area is 183 Å². The Morgan fingerprint density at radius 2 is 2.10 bits per heavy atom. The number of sulfonamides is 1. The molecule has 0 bridgehead atoms. The minimum Gasteiger partial charge on any atom is -0.593 e. The van der Waals surface area contributed by atoms with E-state index in [1.54, 1.807) is 28.8 Å². The number of halogens is 1. The van der Waals surface area contributed by atoms with Crippen LogP contribution in [0.5, 0.6) is 0 Å². The number of hydrogen-bond acceptors (Lipinski definition) is 4. The van der Waals surface area contributed by atoms with Crippen LogP contribution in [0.3, 0.4) is 0 Å². The molecule has 2 aromatic rings. The molecule has 1 aromatic heterocycles. The lowest BCUT2D eigenvalue weighted by Gasteiger charge is -2.25. The summed E-state index contributed by atoms with van der Waals surface area (Å²) >= 11 is 6.53. The summed E-state index contributed by atoms with van der Waals surface area (Å²) in [6.07, 6.45) is 0. The average molecular weight is 451 g/mol. The number of rotatable bonds is 8. The SMILES string of the molecule is C=C[S+](=O)([O-])N(Cc1ccc2c(c1)CN(C)C2=O)Cc1c(C)nn(CC(C)C)c1Cl. The van der Waals surface area contributed by atoms with Gasteiger partial charge >= 0.3 is 0 Å². The molecule has 0 aliphatic carbocycles. The molecule has 1 aliphatic heterocycles. The maximum absolute atomic E-state index is 12.7. The first-order chi connectivity index (χ1) is 14.0. The molecule has 1 amide bonds. The van der Waals surface area contributed by atoms with Gasteiger partial charge in [-0.3, -0.25) is 9.48 Å².